The standard InChI is InChI=1S/C15H15F3N2O2S.C8H10.Ru/c16-15(17,18)23(21,22)20-14(12-9-5-2-6-10-12)13(19)11-7-3-1-4-8-11;1-7-5-3-4-6-8(7)2;/h1-10,13-14,20H,19H2;3-6H,1-2H3;/t13-,14-;;/m0../s1. The summed E-state index contributed by atoms with van der Waals surface area (Å²) < 4.78 is 62.7. The predicted octanol–water partition coefficient (Wildman–Crippen LogP) is 5.17. The minimum Gasteiger partial charge on any atom is -0.322 e. The summed E-state index contributed by atoms with van der Waals surface area (Å²) in [7, 11) is -5.53. The summed E-state index contributed by atoms with van der Waals surface area (Å²) in [5.74, 6) is 0. The SMILES string of the molecule is Cc1ccccc1C.N[C@@H](c1ccccc1)[C@@H](NS(=O)(=O)C(F)(F)F)c1ccccc1.[Ru]. The average Bonchev–Trinajstić information content (AvgIpc) is 2.74. The van der Waals surface area contributed by atoms with Gasteiger partial charge in [-0.1, -0.05) is 84.9 Å². The van der Waals surface area contributed by atoms with Gasteiger partial charge >= 0.3 is 15.5 Å². The van der Waals surface area contributed by atoms with E-state index in [1.807, 2.05) is 0 Å². The Balaban J connectivity index is 0.000000480. The molecule has 4 nitrogen and oxygen atoms in total. The third-order valence-corrected chi connectivity index (χ3v) is 5.89. The fourth-order valence-electron chi connectivity index (χ4n) is 2.77. The van der Waals surface area contributed by atoms with Gasteiger partial charge in [-0.25, -0.2) is 8.42 Å². The molecule has 0 aromatic heterocycles. The van der Waals surface area contributed by atoms with Crippen LogP contribution in [0.5, 0.6) is 0 Å². The molecule has 3 N–H and O–H groups in total. The number of benzene rings is 3. The molecule has 0 saturated heterocycles. The molecular formula is C23H25F3N2O2RuS. The van der Waals surface area contributed by atoms with Crippen LogP contribution < -0.4 is 10.5 Å². The van der Waals surface area contributed by atoms with Gasteiger partial charge in [0.15, 0.2) is 0 Å². The zero-order valence-corrected chi connectivity index (χ0v) is 20.1. The molecule has 9 heteroatoms. The summed E-state index contributed by atoms with van der Waals surface area (Å²) in [6, 6.07) is 22.4. The van der Waals surface area contributed by atoms with Crippen LogP contribution in [0, 0.1) is 13.8 Å². The van der Waals surface area contributed by atoms with Crippen molar-refractivity contribution in [3.05, 3.63) is 107 Å². The minimum atomic E-state index is -5.53. The molecule has 0 spiro atoms. The van der Waals surface area contributed by atoms with Crippen molar-refractivity contribution < 1.29 is 41.1 Å². The largest absolute Gasteiger partial charge is 0.511 e. The van der Waals surface area contributed by atoms with Gasteiger partial charge in [0.1, 0.15) is 0 Å². The van der Waals surface area contributed by atoms with Crippen molar-refractivity contribution in [1.82, 2.24) is 4.72 Å². The van der Waals surface area contributed by atoms with Gasteiger partial charge in [0.2, 0.25) is 0 Å². The smallest absolute Gasteiger partial charge is 0.322 e. The molecule has 3 rings (SSSR count). The summed E-state index contributed by atoms with van der Waals surface area (Å²) >= 11 is 0. The van der Waals surface area contributed by atoms with Crippen LogP contribution in [0.2, 0.25) is 0 Å². The van der Waals surface area contributed by atoms with Gasteiger partial charge in [-0.3, -0.25) is 0 Å². The molecule has 0 aliphatic rings. The first-order valence-electron chi connectivity index (χ1n) is 9.49. The van der Waals surface area contributed by atoms with Gasteiger partial charge in [-0.15, -0.1) is 0 Å². The van der Waals surface area contributed by atoms with E-state index in [1.54, 1.807) is 53.3 Å². The fraction of sp³-hybridized carbons (Fsp3) is 0.217. The van der Waals surface area contributed by atoms with Gasteiger partial charge < -0.3 is 5.73 Å². The molecule has 0 aliphatic carbocycles. The Morgan fingerprint density at radius 2 is 1.12 bits per heavy atom. The first-order valence-corrected chi connectivity index (χ1v) is 11.0. The molecule has 0 aliphatic heterocycles. The monoisotopic (exact) mass is 552 g/mol. The summed E-state index contributed by atoms with van der Waals surface area (Å²) in [5.41, 5.74) is 4.22. The zero-order valence-electron chi connectivity index (χ0n) is 17.5. The first kappa shape index (κ1) is 28.0. The van der Waals surface area contributed by atoms with Gasteiger partial charge in [-0.2, -0.15) is 17.9 Å². The quantitative estimate of drug-likeness (QED) is 0.430. The Hall–Kier alpha value is -2.06. The predicted molar refractivity (Wildman–Crippen MR) is 117 cm³/mol. The van der Waals surface area contributed by atoms with E-state index in [0.29, 0.717) is 11.1 Å². The maximum Gasteiger partial charge on any atom is 0.511 e. The van der Waals surface area contributed by atoms with Crippen molar-refractivity contribution in [2.45, 2.75) is 31.4 Å². The van der Waals surface area contributed by atoms with Crippen molar-refractivity contribution in [3.8, 4) is 0 Å². The molecule has 0 amide bonds. The maximum atomic E-state index is 12.7. The molecule has 0 unspecified atom stereocenters. The molecule has 174 valence electrons. The van der Waals surface area contributed by atoms with Crippen molar-refractivity contribution in [2.75, 3.05) is 0 Å². The Bertz CT molecular complexity index is 1040. The van der Waals surface area contributed by atoms with Crippen LogP contribution in [0.15, 0.2) is 84.9 Å². The Morgan fingerprint density at radius 3 is 1.50 bits per heavy atom. The number of alkyl halides is 3. The molecule has 0 radical (unpaired) electrons. The second-order valence-electron chi connectivity index (χ2n) is 6.98. The summed E-state index contributed by atoms with van der Waals surface area (Å²) in [5, 5.41) is 0. The Kier molecular flexibility index (Phi) is 10.7. The van der Waals surface area contributed by atoms with Crippen LogP contribution in [0.1, 0.15) is 34.3 Å². The Morgan fingerprint density at radius 1 is 0.750 bits per heavy atom. The molecule has 3 aromatic carbocycles. The zero-order chi connectivity index (χ0) is 23.1. The number of sulfonamides is 1. The number of rotatable bonds is 5. The molecule has 32 heavy (non-hydrogen) atoms. The van der Waals surface area contributed by atoms with E-state index in [-0.39, 0.29) is 19.5 Å². The number of halogens is 3. The molecule has 3 aromatic rings. The number of hydrogen-bond acceptors (Lipinski definition) is 3. The number of nitrogens with one attached hydrogen (secondary N) is 1. The van der Waals surface area contributed by atoms with E-state index in [4.69, 9.17) is 5.73 Å². The van der Waals surface area contributed by atoms with Gasteiger partial charge in [0, 0.05) is 19.5 Å². The van der Waals surface area contributed by atoms with Crippen LogP contribution >= 0.6 is 0 Å². The van der Waals surface area contributed by atoms with Crippen LogP contribution in [0.3, 0.4) is 0 Å². The van der Waals surface area contributed by atoms with E-state index in [9.17, 15) is 21.6 Å². The average molecular weight is 552 g/mol. The first-order chi connectivity index (χ1) is 14.5. The maximum absolute atomic E-state index is 12.7. The van der Waals surface area contributed by atoms with E-state index in [2.05, 4.69) is 38.1 Å². The summed E-state index contributed by atoms with van der Waals surface area (Å²) in [4.78, 5) is 0. The molecule has 0 bridgehead atoms. The van der Waals surface area contributed by atoms with Crippen molar-refractivity contribution in [1.29, 1.82) is 0 Å². The number of hydrogen-bond donors (Lipinski definition) is 2. The van der Waals surface area contributed by atoms with Gasteiger partial charge in [0.05, 0.1) is 12.1 Å². The molecular weight excluding hydrogens is 526 g/mol. The molecule has 0 saturated carbocycles. The Labute approximate surface area is 199 Å². The van der Waals surface area contributed by atoms with Crippen molar-refractivity contribution in [3.63, 3.8) is 0 Å². The minimum absolute atomic E-state index is 0. The van der Waals surface area contributed by atoms with E-state index in [0.717, 1.165) is 0 Å². The second kappa shape index (κ2) is 12.3. The van der Waals surface area contributed by atoms with E-state index >= 15 is 0 Å². The van der Waals surface area contributed by atoms with Gasteiger partial charge in [-0.05, 0) is 36.1 Å². The third kappa shape index (κ3) is 7.82. The van der Waals surface area contributed by atoms with E-state index < -0.39 is 27.6 Å². The molecule has 0 fully saturated rings. The normalized spacial score (nSPS) is 13.2. The van der Waals surface area contributed by atoms with Crippen LogP contribution in [-0.4, -0.2) is 13.9 Å². The van der Waals surface area contributed by atoms with Gasteiger partial charge in [0.25, 0.3) is 0 Å². The van der Waals surface area contributed by atoms with Crippen molar-refractivity contribution >= 4 is 10.0 Å². The van der Waals surface area contributed by atoms with Crippen LogP contribution in [0.4, 0.5) is 13.2 Å². The van der Waals surface area contributed by atoms with Crippen molar-refractivity contribution in [2.24, 2.45) is 5.73 Å². The fourth-order valence-corrected chi connectivity index (χ4v) is 3.52. The molecule has 2 atom stereocenters. The molecule has 0 heterocycles. The number of nitrogens with two attached hydrogens (primary N) is 1. The second-order valence-corrected chi connectivity index (χ2v) is 8.68. The number of aryl methyl sites for hydroxylation is 2. The van der Waals surface area contributed by atoms with Crippen LogP contribution in [0.25, 0.3) is 0 Å². The summed E-state index contributed by atoms with van der Waals surface area (Å²) in [6.07, 6.45) is 0. The third-order valence-electron chi connectivity index (χ3n) is 4.71. The topological polar surface area (TPSA) is 72.2 Å². The van der Waals surface area contributed by atoms with Crippen LogP contribution in [-0.2, 0) is 29.5 Å². The summed E-state index contributed by atoms with van der Waals surface area (Å²) in [6.45, 7) is 4.24. The van der Waals surface area contributed by atoms with E-state index in [1.165, 1.54) is 23.3 Å².